The van der Waals surface area contributed by atoms with Crippen molar-refractivity contribution in [1.82, 2.24) is 14.6 Å². The fourth-order valence-electron chi connectivity index (χ4n) is 2.12. The maximum Gasteiger partial charge on any atom is 0.251 e. The highest BCUT2D eigenvalue weighted by molar-refractivity contribution is 7.88. The van der Waals surface area contributed by atoms with E-state index in [0.29, 0.717) is 11.3 Å². The zero-order valence-corrected chi connectivity index (χ0v) is 15.2. The van der Waals surface area contributed by atoms with Crippen molar-refractivity contribution in [2.24, 2.45) is 0 Å². The average Bonchev–Trinajstić information content (AvgIpc) is 2.61. The summed E-state index contributed by atoms with van der Waals surface area (Å²) in [7, 11) is -0.214. The van der Waals surface area contributed by atoms with Crippen molar-refractivity contribution in [3.8, 4) is 16.9 Å². The summed E-state index contributed by atoms with van der Waals surface area (Å²) >= 11 is 0. The van der Waals surface area contributed by atoms with Gasteiger partial charge in [-0.25, -0.2) is 12.7 Å². The number of likely N-dealkylation sites (N-methyl/N-ethyl adjacent to an activating group) is 1. The number of carbonyl (C=O) groups is 1. The van der Waals surface area contributed by atoms with Crippen molar-refractivity contribution in [2.45, 2.75) is 0 Å². The number of ether oxygens (including phenoxy) is 1. The number of methoxy groups -OCH3 is 1. The largest absolute Gasteiger partial charge is 0.495 e. The van der Waals surface area contributed by atoms with Crippen LogP contribution >= 0.6 is 0 Å². The molecule has 1 N–H and O–H groups in total. The van der Waals surface area contributed by atoms with Crippen molar-refractivity contribution in [3.63, 3.8) is 0 Å². The van der Waals surface area contributed by atoms with Crippen molar-refractivity contribution < 1.29 is 17.9 Å². The van der Waals surface area contributed by atoms with Crippen LogP contribution in [0.5, 0.6) is 5.75 Å². The number of amides is 1. The molecule has 0 aliphatic rings. The smallest absolute Gasteiger partial charge is 0.251 e. The van der Waals surface area contributed by atoms with Gasteiger partial charge in [-0.15, -0.1) is 0 Å². The number of sulfonamides is 1. The van der Waals surface area contributed by atoms with Gasteiger partial charge in [0.25, 0.3) is 5.91 Å². The number of pyridine rings is 1. The van der Waals surface area contributed by atoms with E-state index in [0.717, 1.165) is 17.4 Å². The van der Waals surface area contributed by atoms with Crippen LogP contribution in [0.15, 0.2) is 42.7 Å². The molecule has 1 aromatic carbocycles. The van der Waals surface area contributed by atoms with Crippen LogP contribution in [0.2, 0.25) is 0 Å². The lowest BCUT2D eigenvalue weighted by molar-refractivity contribution is 0.0952. The number of carbonyl (C=O) groups excluding carboxylic acids is 1. The zero-order chi connectivity index (χ0) is 18.4. The van der Waals surface area contributed by atoms with Gasteiger partial charge in [-0.2, -0.15) is 0 Å². The summed E-state index contributed by atoms with van der Waals surface area (Å²) in [6.45, 7) is 0.442. The molecule has 0 bridgehead atoms. The first-order valence-corrected chi connectivity index (χ1v) is 9.45. The van der Waals surface area contributed by atoms with Crippen LogP contribution < -0.4 is 10.1 Å². The SMILES string of the molecule is COc1cncc(-c2cccc(C(=O)NCCN(C)S(C)(=O)=O)c2)c1. The van der Waals surface area contributed by atoms with Gasteiger partial charge in [0.05, 0.1) is 19.6 Å². The van der Waals surface area contributed by atoms with E-state index in [1.807, 2.05) is 12.1 Å². The Balaban J connectivity index is 2.06. The second-order valence-electron chi connectivity index (χ2n) is 5.53. The van der Waals surface area contributed by atoms with E-state index in [4.69, 9.17) is 4.74 Å². The molecule has 8 heteroatoms. The third-order valence-corrected chi connectivity index (χ3v) is 5.00. The van der Waals surface area contributed by atoms with Crippen molar-refractivity contribution in [1.29, 1.82) is 0 Å². The highest BCUT2D eigenvalue weighted by atomic mass is 32.2. The summed E-state index contributed by atoms with van der Waals surface area (Å²) in [5.74, 6) is 0.371. The zero-order valence-electron chi connectivity index (χ0n) is 14.4. The highest BCUT2D eigenvalue weighted by Crippen LogP contribution is 2.23. The van der Waals surface area contributed by atoms with Gasteiger partial charge in [0.2, 0.25) is 10.0 Å². The Morgan fingerprint density at radius 3 is 2.68 bits per heavy atom. The molecule has 0 unspecified atom stereocenters. The van der Waals surface area contributed by atoms with Crippen LogP contribution in [0.25, 0.3) is 11.1 Å². The lowest BCUT2D eigenvalue weighted by Gasteiger charge is -2.14. The van der Waals surface area contributed by atoms with Crippen LogP contribution in [0.1, 0.15) is 10.4 Å². The second-order valence-corrected chi connectivity index (χ2v) is 7.62. The summed E-state index contributed by atoms with van der Waals surface area (Å²) in [6, 6.07) is 8.96. The van der Waals surface area contributed by atoms with Gasteiger partial charge >= 0.3 is 0 Å². The standard InChI is InChI=1S/C17H21N3O4S/c1-20(25(3,22)23)8-7-19-17(21)14-6-4-5-13(9-14)15-10-16(24-2)12-18-11-15/h4-6,9-12H,7-8H2,1-3H3,(H,19,21). The molecule has 0 atom stereocenters. The predicted octanol–water partition coefficient (Wildman–Crippen LogP) is 1.38. The van der Waals surface area contributed by atoms with Crippen molar-refractivity contribution in [2.75, 3.05) is 33.5 Å². The van der Waals surface area contributed by atoms with Gasteiger partial charge < -0.3 is 10.1 Å². The van der Waals surface area contributed by atoms with Crippen LogP contribution in [0.3, 0.4) is 0 Å². The van der Waals surface area contributed by atoms with E-state index in [1.165, 1.54) is 11.4 Å². The van der Waals surface area contributed by atoms with E-state index in [2.05, 4.69) is 10.3 Å². The number of nitrogens with zero attached hydrogens (tertiary/aromatic N) is 2. The fraction of sp³-hybridized carbons (Fsp3) is 0.294. The molecule has 0 spiro atoms. The van der Waals surface area contributed by atoms with Gasteiger partial charge in [0.1, 0.15) is 5.75 Å². The molecule has 134 valence electrons. The molecule has 0 saturated heterocycles. The first-order valence-electron chi connectivity index (χ1n) is 7.60. The summed E-state index contributed by atoms with van der Waals surface area (Å²) in [5.41, 5.74) is 2.17. The Morgan fingerprint density at radius 2 is 2.00 bits per heavy atom. The maximum absolute atomic E-state index is 12.3. The molecule has 1 heterocycles. The van der Waals surface area contributed by atoms with Gasteiger partial charge in [-0.05, 0) is 23.8 Å². The molecule has 0 saturated carbocycles. The van der Waals surface area contributed by atoms with E-state index in [-0.39, 0.29) is 19.0 Å². The molecule has 1 amide bonds. The number of benzene rings is 1. The maximum atomic E-state index is 12.3. The van der Waals surface area contributed by atoms with Gasteiger partial charge in [0.15, 0.2) is 0 Å². The van der Waals surface area contributed by atoms with E-state index >= 15 is 0 Å². The molecule has 25 heavy (non-hydrogen) atoms. The van der Waals surface area contributed by atoms with E-state index in [1.54, 1.807) is 37.7 Å². The Kier molecular flexibility index (Phi) is 6.11. The summed E-state index contributed by atoms with van der Waals surface area (Å²) in [5, 5.41) is 2.72. The molecule has 0 radical (unpaired) electrons. The first kappa shape index (κ1) is 18.9. The van der Waals surface area contributed by atoms with Crippen molar-refractivity contribution >= 4 is 15.9 Å². The first-order chi connectivity index (χ1) is 11.8. The summed E-state index contributed by atoms with van der Waals surface area (Å²) < 4.78 is 29.0. The predicted molar refractivity (Wildman–Crippen MR) is 96.0 cm³/mol. The minimum atomic E-state index is -3.25. The Hall–Kier alpha value is -2.45. The normalized spacial score (nSPS) is 11.4. The van der Waals surface area contributed by atoms with Crippen LogP contribution in [0, 0.1) is 0 Å². The van der Waals surface area contributed by atoms with Crippen LogP contribution in [0.4, 0.5) is 0 Å². The molecular formula is C17H21N3O4S. The number of nitrogens with one attached hydrogen (secondary N) is 1. The van der Waals surface area contributed by atoms with Crippen LogP contribution in [-0.4, -0.2) is 57.1 Å². The average molecular weight is 363 g/mol. The number of rotatable bonds is 7. The van der Waals surface area contributed by atoms with Gasteiger partial charge in [-0.3, -0.25) is 9.78 Å². The Bertz CT molecular complexity index is 852. The lowest BCUT2D eigenvalue weighted by Crippen LogP contribution is -2.35. The molecular weight excluding hydrogens is 342 g/mol. The molecule has 0 fully saturated rings. The molecule has 1 aromatic heterocycles. The Labute approximate surface area is 147 Å². The Morgan fingerprint density at radius 1 is 1.24 bits per heavy atom. The number of hydrogen-bond acceptors (Lipinski definition) is 5. The number of hydrogen-bond donors (Lipinski definition) is 1. The third kappa shape index (κ3) is 5.27. The van der Waals surface area contributed by atoms with E-state index < -0.39 is 10.0 Å². The quantitative estimate of drug-likeness (QED) is 0.803. The van der Waals surface area contributed by atoms with E-state index in [9.17, 15) is 13.2 Å². The van der Waals surface area contributed by atoms with Crippen molar-refractivity contribution in [3.05, 3.63) is 48.3 Å². The number of aromatic nitrogens is 1. The molecule has 0 aliphatic carbocycles. The van der Waals surface area contributed by atoms with Crippen LogP contribution in [-0.2, 0) is 10.0 Å². The molecule has 2 rings (SSSR count). The topological polar surface area (TPSA) is 88.6 Å². The third-order valence-electron chi connectivity index (χ3n) is 3.69. The summed E-state index contributed by atoms with van der Waals surface area (Å²) in [6.07, 6.45) is 4.43. The monoisotopic (exact) mass is 363 g/mol. The van der Waals surface area contributed by atoms with Gasteiger partial charge in [0, 0.05) is 37.5 Å². The minimum Gasteiger partial charge on any atom is -0.495 e. The molecule has 7 nitrogen and oxygen atoms in total. The summed E-state index contributed by atoms with van der Waals surface area (Å²) in [4.78, 5) is 16.4. The fourth-order valence-corrected chi connectivity index (χ4v) is 2.55. The second kappa shape index (κ2) is 8.09. The lowest BCUT2D eigenvalue weighted by atomic mass is 10.0. The highest BCUT2D eigenvalue weighted by Gasteiger charge is 2.12. The van der Waals surface area contributed by atoms with Gasteiger partial charge in [-0.1, -0.05) is 12.1 Å². The molecule has 2 aromatic rings. The molecule has 0 aliphatic heterocycles. The minimum absolute atomic E-state index is 0.212.